The zero-order valence-electron chi connectivity index (χ0n) is 27.9. The first-order valence-corrected chi connectivity index (χ1v) is 14.6. The first-order valence-electron chi connectivity index (χ1n) is 13.8. The number of hydrogen-bond acceptors (Lipinski definition) is 6. The van der Waals surface area contributed by atoms with Crippen LogP contribution in [-0.4, -0.2) is 85.9 Å². The summed E-state index contributed by atoms with van der Waals surface area (Å²) >= 11 is 3.32. The standard InChI is InChI=1S/C13H12O.C7H7BrO.C6H7BFO2.C4H12N.2C2H4O2.3CH4.Pd/c1-14-13-9-5-8-12(10-13)11-6-3-2-4-7-11;1-9-7-4-2-3-6(8)5-7;8-7(9,10)6-4-2-1-3-5-6;1-5(2,3)4;2*1-2(3)4;;;;/h2-10H,1H3;2-5H,1H3;1-5,9-10H;1-4H3;2*1H3,(H,3,4);3*1H4;/q;;-1;+1;;;;;;. The summed E-state index contributed by atoms with van der Waals surface area (Å²) in [4.78, 5) is 18.0. The van der Waals surface area contributed by atoms with Crippen molar-refractivity contribution in [3.05, 3.63) is 114 Å². The monoisotopic (exact) mass is 859 g/mol. The Balaban J connectivity index is -0.000000122. The third-order valence-corrected chi connectivity index (χ3v) is 4.93. The van der Waals surface area contributed by atoms with E-state index >= 15 is 0 Å². The Hall–Kier alpha value is -3.56. The van der Waals surface area contributed by atoms with Crippen molar-refractivity contribution in [1.29, 1.82) is 0 Å². The quantitative estimate of drug-likeness (QED) is 0.120. The SMILES string of the molecule is C.C.C.CC(=O)O.CC(=O)O.COc1cccc(-c2ccccc2)c1.COc1cccc(Br)c1.C[N+](C)(C)C.O[B-](O)(F)c1ccccc1.[Pd]. The van der Waals surface area contributed by atoms with Crippen LogP contribution < -0.4 is 14.9 Å². The van der Waals surface area contributed by atoms with Crippen LogP contribution >= 0.6 is 15.9 Å². The Morgan fingerprint density at radius 3 is 1.26 bits per heavy atom. The van der Waals surface area contributed by atoms with Gasteiger partial charge in [0.1, 0.15) is 11.5 Å². The van der Waals surface area contributed by atoms with E-state index in [1.54, 1.807) is 20.3 Å². The Kier molecular flexibility index (Phi) is 38.3. The van der Waals surface area contributed by atoms with E-state index in [0.717, 1.165) is 34.3 Å². The molecule has 0 atom stereocenters. The van der Waals surface area contributed by atoms with E-state index in [-0.39, 0.29) is 48.2 Å². The molecular formula is C37H58BBrFNO8Pd. The molecule has 4 aromatic rings. The van der Waals surface area contributed by atoms with Gasteiger partial charge in [0.05, 0.1) is 42.4 Å². The average molecular weight is 861 g/mol. The molecule has 0 heterocycles. The number of halogens is 2. The van der Waals surface area contributed by atoms with Gasteiger partial charge in [-0.1, -0.05) is 117 Å². The van der Waals surface area contributed by atoms with Crippen molar-refractivity contribution >= 4 is 40.2 Å². The topological polar surface area (TPSA) is 134 Å². The number of ether oxygens (including phenoxy) is 2. The Morgan fingerprint density at radius 1 is 0.640 bits per heavy atom. The summed E-state index contributed by atoms with van der Waals surface area (Å²) < 4.78 is 24.5. The Labute approximate surface area is 322 Å². The summed E-state index contributed by atoms with van der Waals surface area (Å²) in [6.07, 6.45) is 0. The molecule has 4 aromatic carbocycles. The van der Waals surface area contributed by atoms with Gasteiger partial charge in [0, 0.05) is 38.7 Å². The van der Waals surface area contributed by atoms with Crippen molar-refractivity contribution < 1.29 is 68.5 Å². The van der Waals surface area contributed by atoms with E-state index in [9.17, 15) is 4.32 Å². The largest absolute Gasteiger partial charge is 0.552 e. The first kappa shape index (κ1) is 58.6. The minimum Gasteiger partial charge on any atom is -0.552 e. The molecule has 0 bridgehead atoms. The van der Waals surface area contributed by atoms with Gasteiger partial charge in [-0.25, -0.2) is 0 Å². The molecule has 0 aliphatic rings. The smallest absolute Gasteiger partial charge is 0.437 e. The van der Waals surface area contributed by atoms with E-state index in [1.165, 1.54) is 35.4 Å². The van der Waals surface area contributed by atoms with Gasteiger partial charge in [-0.3, -0.25) is 9.59 Å². The second kappa shape index (κ2) is 32.6. The zero-order valence-corrected chi connectivity index (χ0v) is 31.1. The normalized spacial score (nSPS) is 8.88. The van der Waals surface area contributed by atoms with Crippen molar-refractivity contribution in [3.63, 3.8) is 0 Å². The molecule has 9 nitrogen and oxygen atoms in total. The maximum Gasteiger partial charge on any atom is 0.437 e. The van der Waals surface area contributed by atoms with Crippen LogP contribution in [0.2, 0.25) is 0 Å². The molecule has 13 heteroatoms. The minimum atomic E-state index is -3.80. The summed E-state index contributed by atoms with van der Waals surface area (Å²) in [7, 11) is 11.8. The number of methoxy groups -OCH3 is 2. The summed E-state index contributed by atoms with van der Waals surface area (Å²) in [6.45, 7) is -1.64. The summed E-state index contributed by atoms with van der Waals surface area (Å²) in [5.41, 5.74) is 2.30. The van der Waals surface area contributed by atoms with Gasteiger partial charge in [0.15, 0.2) is 0 Å². The van der Waals surface area contributed by atoms with Crippen molar-refractivity contribution in [2.24, 2.45) is 0 Å². The first-order chi connectivity index (χ1) is 21.3. The number of aliphatic carboxylic acids is 2. The third kappa shape index (κ3) is 38.9. The predicted octanol–water partition coefficient (Wildman–Crippen LogP) is 8.02. The number of carboxylic acid groups (broad SMARTS) is 2. The Morgan fingerprint density at radius 2 is 0.960 bits per heavy atom. The molecule has 4 N–H and O–H groups in total. The molecule has 0 unspecified atom stereocenters. The summed E-state index contributed by atoms with van der Waals surface area (Å²) in [5, 5.41) is 31.7. The van der Waals surface area contributed by atoms with E-state index < -0.39 is 18.8 Å². The van der Waals surface area contributed by atoms with Gasteiger partial charge >= 0.3 is 6.83 Å². The van der Waals surface area contributed by atoms with Gasteiger partial charge in [0.25, 0.3) is 11.9 Å². The van der Waals surface area contributed by atoms with Crippen molar-refractivity contribution in [2.75, 3.05) is 42.4 Å². The molecule has 0 saturated carbocycles. The number of benzene rings is 4. The average Bonchev–Trinajstić information content (AvgIpc) is 2.97. The molecule has 0 spiro atoms. The van der Waals surface area contributed by atoms with Crippen LogP contribution in [0.25, 0.3) is 11.1 Å². The van der Waals surface area contributed by atoms with Gasteiger partial charge in [-0.15, -0.1) is 5.46 Å². The van der Waals surface area contributed by atoms with E-state index in [0.29, 0.717) is 0 Å². The zero-order chi connectivity index (χ0) is 35.8. The number of carboxylic acids is 2. The van der Waals surface area contributed by atoms with Gasteiger partial charge < -0.3 is 38.5 Å². The molecule has 4 rings (SSSR count). The minimum absolute atomic E-state index is 0. The van der Waals surface area contributed by atoms with Gasteiger partial charge in [-0.2, -0.15) is 0 Å². The van der Waals surface area contributed by atoms with Crippen LogP contribution in [0.15, 0.2) is 114 Å². The molecule has 286 valence electrons. The molecular weight excluding hydrogens is 803 g/mol. The molecule has 0 radical (unpaired) electrons. The van der Waals surface area contributed by atoms with Crippen LogP contribution in [0.3, 0.4) is 0 Å². The fourth-order valence-corrected chi connectivity index (χ4v) is 3.10. The second-order valence-corrected chi connectivity index (χ2v) is 11.5. The number of carbonyl (C=O) groups is 2. The number of quaternary nitrogens is 1. The van der Waals surface area contributed by atoms with E-state index in [2.05, 4.69) is 62.3 Å². The predicted molar refractivity (Wildman–Crippen MR) is 207 cm³/mol. The molecule has 0 aliphatic carbocycles. The molecule has 0 aliphatic heterocycles. The fourth-order valence-electron chi connectivity index (χ4n) is 2.73. The maximum absolute atomic E-state index is 12.3. The number of rotatable bonds is 4. The maximum atomic E-state index is 12.3. The fraction of sp³-hybridized carbons (Fsp3) is 0.297. The number of hydrogen-bond donors (Lipinski definition) is 4. The molecule has 0 saturated heterocycles. The Bertz CT molecular complexity index is 1370. The molecule has 0 fully saturated rings. The number of nitrogens with zero attached hydrogens (tertiary/aromatic N) is 1. The van der Waals surface area contributed by atoms with Crippen LogP contribution in [0.1, 0.15) is 36.1 Å². The summed E-state index contributed by atoms with van der Waals surface area (Å²) in [6, 6.07) is 33.5. The summed E-state index contributed by atoms with van der Waals surface area (Å²) in [5.74, 6) is 0.107. The van der Waals surface area contributed by atoms with Crippen molar-refractivity contribution in [1.82, 2.24) is 0 Å². The second-order valence-electron chi connectivity index (χ2n) is 10.6. The van der Waals surface area contributed by atoms with Crippen molar-refractivity contribution in [3.8, 4) is 22.6 Å². The van der Waals surface area contributed by atoms with Gasteiger partial charge in [0.2, 0.25) is 0 Å². The molecule has 50 heavy (non-hydrogen) atoms. The third-order valence-electron chi connectivity index (χ3n) is 4.43. The van der Waals surface area contributed by atoms with Crippen LogP contribution in [0, 0.1) is 0 Å². The van der Waals surface area contributed by atoms with Gasteiger partial charge in [-0.05, 0) is 41.5 Å². The van der Waals surface area contributed by atoms with E-state index in [4.69, 9.17) is 39.3 Å². The van der Waals surface area contributed by atoms with Crippen LogP contribution in [-0.2, 0) is 30.0 Å². The van der Waals surface area contributed by atoms with Crippen LogP contribution in [0.4, 0.5) is 4.32 Å². The van der Waals surface area contributed by atoms with E-state index in [1.807, 2.05) is 60.7 Å². The van der Waals surface area contributed by atoms with Crippen LogP contribution in [0.5, 0.6) is 11.5 Å². The molecule has 0 amide bonds. The molecule has 0 aromatic heterocycles. The van der Waals surface area contributed by atoms with Crippen molar-refractivity contribution in [2.45, 2.75) is 36.1 Å².